The van der Waals surface area contributed by atoms with Gasteiger partial charge in [-0.15, -0.1) is 0 Å². The molecule has 1 saturated carbocycles. The number of amides is 1. The highest BCUT2D eigenvalue weighted by atomic mass is 16.1. The van der Waals surface area contributed by atoms with Gasteiger partial charge in [0.05, 0.1) is 0 Å². The van der Waals surface area contributed by atoms with E-state index >= 15 is 0 Å². The molecule has 0 atom stereocenters. The molecule has 1 amide bonds. The summed E-state index contributed by atoms with van der Waals surface area (Å²) in [4.78, 5) is 11.3. The van der Waals surface area contributed by atoms with E-state index in [9.17, 15) is 4.79 Å². The molecule has 2 nitrogen and oxygen atoms in total. The number of hydrogen-bond donors (Lipinski definition) is 1. The summed E-state index contributed by atoms with van der Waals surface area (Å²) in [6.07, 6.45) is 6.86. The normalized spacial score (nSPS) is 19.6. The van der Waals surface area contributed by atoms with Crippen LogP contribution in [0.5, 0.6) is 0 Å². The van der Waals surface area contributed by atoms with Crippen LogP contribution in [0.25, 0.3) is 0 Å². The fourth-order valence-electron chi connectivity index (χ4n) is 1.44. The average molecular weight is 168 g/mol. The summed E-state index contributed by atoms with van der Waals surface area (Å²) in [5, 5.41) is 3.06. The summed E-state index contributed by atoms with van der Waals surface area (Å²) in [7, 11) is 0. The van der Waals surface area contributed by atoms with Crippen LogP contribution >= 0.6 is 0 Å². The highest BCUT2D eigenvalue weighted by Gasteiger charge is 2.16. The zero-order valence-corrected chi connectivity index (χ0v) is 7.97. The molecule has 69 valence electrons. The summed E-state index contributed by atoms with van der Waals surface area (Å²) >= 11 is 0. The van der Waals surface area contributed by atoms with Gasteiger partial charge < -0.3 is 5.32 Å². The van der Waals surface area contributed by atoms with Crippen molar-refractivity contribution in [2.45, 2.75) is 45.6 Å². The van der Waals surface area contributed by atoms with Crippen molar-refractivity contribution in [3.05, 3.63) is 6.42 Å². The number of nitrogens with one attached hydrogen (secondary N) is 1. The Morgan fingerprint density at radius 3 is 2.50 bits per heavy atom. The molecule has 12 heavy (non-hydrogen) atoms. The summed E-state index contributed by atoms with van der Waals surface area (Å²) in [5.74, 6) is 0.317. The molecule has 1 aliphatic rings. The molecule has 0 saturated heterocycles. The first-order chi connectivity index (χ1) is 5.70. The lowest BCUT2D eigenvalue weighted by Gasteiger charge is -2.23. The Labute approximate surface area is 74.7 Å². The summed E-state index contributed by atoms with van der Waals surface area (Å²) in [5.41, 5.74) is 0. The molecule has 0 spiro atoms. The van der Waals surface area contributed by atoms with Gasteiger partial charge >= 0.3 is 0 Å². The van der Waals surface area contributed by atoms with E-state index in [0.717, 1.165) is 25.7 Å². The second-order valence-corrected chi connectivity index (χ2v) is 3.80. The topological polar surface area (TPSA) is 29.1 Å². The van der Waals surface area contributed by atoms with E-state index in [0.29, 0.717) is 6.04 Å². The molecule has 0 aromatic carbocycles. The number of carbonyl (C=O) groups is 1. The predicted octanol–water partition coefficient (Wildman–Crippen LogP) is 1.91. The predicted molar refractivity (Wildman–Crippen MR) is 49.5 cm³/mol. The van der Waals surface area contributed by atoms with Gasteiger partial charge in [0.15, 0.2) is 0 Å². The zero-order chi connectivity index (χ0) is 8.97. The van der Waals surface area contributed by atoms with Crippen LogP contribution in [0.1, 0.15) is 39.5 Å². The molecule has 1 aliphatic carbocycles. The van der Waals surface area contributed by atoms with E-state index in [2.05, 4.69) is 11.7 Å². The van der Waals surface area contributed by atoms with Gasteiger partial charge in [-0.25, -0.2) is 0 Å². The fourth-order valence-corrected chi connectivity index (χ4v) is 1.44. The molecular formula is C10H18NO. The molecule has 0 bridgehead atoms. The molecule has 2 heteroatoms. The first-order valence-corrected chi connectivity index (χ1v) is 4.82. The van der Waals surface area contributed by atoms with Gasteiger partial charge in [0.25, 0.3) is 0 Å². The highest BCUT2D eigenvalue weighted by Crippen LogP contribution is 2.16. The lowest BCUT2D eigenvalue weighted by atomic mass is 9.95. The second kappa shape index (κ2) is 4.48. The summed E-state index contributed by atoms with van der Waals surface area (Å²) < 4.78 is 0. The lowest BCUT2D eigenvalue weighted by Crippen LogP contribution is -2.38. The van der Waals surface area contributed by atoms with Crippen molar-refractivity contribution in [3.63, 3.8) is 0 Å². The van der Waals surface area contributed by atoms with Crippen molar-refractivity contribution in [3.8, 4) is 0 Å². The Balaban J connectivity index is 2.24. The third kappa shape index (κ3) is 2.84. The number of hydrogen-bond acceptors (Lipinski definition) is 1. The average Bonchev–Trinajstić information content (AvgIpc) is 2.06. The van der Waals surface area contributed by atoms with E-state index in [1.54, 1.807) is 0 Å². The Hall–Kier alpha value is -0.530. The van der Waals surface area contributed by atoms with Crippen molar-refractivity contribution in [1.29, 1.82) is 0 Å². The Morgan fingerprint density at radius 2 is 2.00 bits per heavy atom. The van der Waals surface area contributed by atoms with Crippen molar-refractivity contribution in [2.24, 2.45) is 5.92 Å². The first kappa shape index (κ1) is 9.56. The fraction of sp³-hybridized carbons (Fsp3) is 0.800. The number of carbonyl (C=O) groups excluding carboxylic acids is 1. The van der Waals surface area contributed by atoms with E-state index < -0.39 is 0 Å². The second-order valence-electron chi connectivity index (χ2n) is 3.80. The summed E-state index contributed by atoms with van der Waals surface area (Å²) in [6.45, 7) is 3.87. The monoisotopic (exact) mass is 168 g/mol. The van der Waals surface area contributed by atoms with E-state index in [-0.39, 0.29) is 11.8 Å². The van der Waals surface area contributed by atoms with Crippen molar-refractivity contribution >= 4 is 5.91 Å². The van der Waals surface area contributed by atoms with Crippen molar-refractivity contribution in [1.82, 2.24) is 5.32 Å². The largest absolute Gasteiger partial charge is 0.353 e. The standard InChI is InChI=1S/C10H18NO/c1-8(2)10(12)11-9-6-4-3-5-7-9/h3,8-9H,4-7H2,1-2H3,(H,11,12). The van der Waals surface area contributed by atoms with Gasteiger partial charge in [0.1, 0.15) is 0 Å². The van der Waals surface area contributed by atoms with Crippen LogP contribution in [0.15, 0.2) is 0 Å². The van der Waals surface area contributed by atoms with Gasteiger partial charge in [-0.2, -0.15) is 0 Å². The SMILES string of the molecule is CC(C)C(=O)NC1CC[CH]CC1. The smallest absolute Gasteiger partial charge is 0.222 e. The Morgan fingerprint density at radius 1 is 1.42 bits per heavy atom. The first-order valence-electron chi connectivity index (χ1n) is 4.82. The molecule has 0 aromatic rings. The van der Waals surface area contributed by atoms with E-state index in [4.69, 9.17) is 0 Å². The molecule has 1 N–H and O–H groups in total. The molecule has 1 fully saturated rings. The highest BCUT2D eigenvalue weighted by molar-refractivity contribution is 5.78. The molecule has 0 aliphatic heterocycles. The van der Waals surface area contributed by atoms with E-state index in [1.165, 1.54) is 0 Å². The zero-order valence-electron chi connectivity index (χ0n) is 7.97. The minimum atomic E-state index is 0.121. The molecular weight excluding hydrogens is 150 g/mol. The van der Waals surface area contributed by atoms with Crippen LogP contribution in [0.3, 0.4) is 0 Å². The number of rotatable bonds is 2. The minimum absolute atomic E-state index is 0.121. The maximum Gasteiger partial charge on any atom is 0.222 e. The lowest BCUT2D eigenvalue weighted by molar-refractivity contribution is -0.124. The molecule has 0 heterocycles. The third-order valence-corrected chi connectivity index (χ3v) is 2.31. The van der Waals surface area contributed by atoms with Gasteiger partial charge in [-0.3, -0.25) is 4.79 Å². The third-order valence-electron chi connectivity index (χ3n) is 2.31. The van der Waals surface area contributed by atoms with Gasteiger partial charge in [0, 0.05) is 12.0 Å². The molecule has 0 aromatic heterocycles. The molecule has 1 radical (unpaired) electrons. The Bertz CT molecular complexity index is 148. The molecule has 0 unspecified atom stereocenters. The van der Waals surface area contributed by atoms with E-state index in [1.807, 2.05) is 13.8 Å². The van der Waals surface area contributed by atoms with Crippen LogP contribution in [-0.4, -0.2) is 11.9 Å². The quantitative estimate of drug-likeness (QED) is 0.670. The van der Waals surface area contributed by atoms with Crippen molar-refractivity contribution < 1.29 is 4.79 Å². The van der Waals surface area contributed by atoms with Crippen LogP contribution < -0.4 is 5.32 Å². The maximum absolute atomic E-state index is 11.3. The van der Waals surface area contributed by atoms with Gasteiger partial charge in [0.2, 0.25) is 5.91 Å². The van der Waals surface area contributed by atoms with Crippen LogP contribution in [-0.2, 0) is 4.79 Å². The van der Waals surface area contributed by atoms with Crippen LogP contribution in [0, 0.1) is 12.3 Å². The van der Waals surface area contributed by atoms with Gasteiger partial charge in [-0.05, 0) is 32.1 Å². The Kier molecular flexibility index (Phi) is 3.57. The van der Waals surface area contributed by atoms with Gasteiger partial charge in [-0.1, -0.05) is 13.8 Å². The van der Waals surface area contributed by atoms with Crippen LogP contribution in [0.4, 0.5) is 0 Å². The van der Waals surface area contributed by atoms with Crippen molar-refractivity contribution in [2.75, 3.05) is 0 Å². The van der Waals surface area contributed by atoms with Crippen LogP contribution in [0.2, 0.25) is 0 Å². The summed E-state index contributed by atoms with van der Waals surface area (Å²) in [6, 6.07) is 0.435. The minimum Gasteiger partial charge on any atom is -0.353 e. The molecule has 1 rings (SSSR count). The maximum atomic E-state index is 11.3.